The molecule has 1 aromatic heterocycles. The Hall–Kier alpha value is -2.50. The SMILES string of the molecule is O=C(O)c1ccccc1N=Nc1cn[nH]c1. The summed E-state index contributed by atoms with van der Waals surface area (Å²) >= 11 is 0. The van der Waals surface area contributed by atoms with Crippen LogP contribution in [0.25, 0.3) is 0 Å². The van der Waals surface area contributed by atoms with Crippen molar-refractivity contribution < 1.29 is 9.90 Å². The molecule has 2 aromatic rings. The number of aromatic carboxylic acids is 1. The predicted octanol–water partition coefficient (Wildman–Crippen LogP) is 2.52. The van der Waals surface area contributed by atoms with Crippen molar-refractivity contribution in [1.82, 2.24) is 10.2 Å². The lowest BCUT2D eigenvalue weighted by Gasteiger charge is -1.97. The van der Waals surface area contributed by atoms with E-state index in [-0.39, 0.29) is 5.56 Å². The van der Waals surface area contributed by atoms with Crippen LogP contribution < -0.4 is 0 Å². The second-order valence-electron chi connectivity index (χ2n) is 2.98. The summed E-state index contributed by atoms with van der Waals surface area (Å²) in [5.74, 6) is -1.03. The van der Waals surface area contributed by atoms with Crippen molar-refractivity contribution in [2.75, 3.05) is 0 Å². The Morgan fingerprint density at radius 2 is 2.12 bits per heavy atom. The minimum absolute atomic E-state index is 0.120. The molecule has 1 heterocycles. The zero-order valence-electron chi connectivity index (χ0n) is 8.16. The Bertz CT molecular complexity index is 519. The second-order valence-corrected chi connectivity index (χ2v) is 2.98. The molecule has 0 saturated heterocycles. The molecule has 6 nitrogen and oxygen atoms in total. The summed E-state index contributed by atoms with van der Waals surface area (Å²) in [5.41, 5.74) is 0.978. The van der Waals surface area contributed by atoms with E-state index >= 15 is 0 Å². The van der Waals surface area contributed by atoms with Crippen LogP contribution in [-0.4, -0.2) is 21.3 Å². The number of H-pyrrole nitrogens is 1. The maximum absolute atomic E-state index is 10.9. The number of benzene rings is 1. The molecule has 0 aliphatic carbocycles. The third-order valence-corrected chi connectivity index (χ3v) is 1.89. The third kappa shape index (κ3) is 2.11. The number of rotatable bonds is 3. The van der Waals surface area contributed by atoms with Gasteiger partial charge in [0.15, 0.2) is 0 Å². The highest BCUT2D eigenvalue weighted by molar-refractivity contribution is 5.93. The van der Waals surface area contributed by atoms with Crippen molar-refractivity contribution in [2.45, 2.75) is 0 Å². The molecule has 16 heavy (non-hydrogen) atoms. The molecule has 0 aliphatic rings. The van der Waals surface area contributed by atoms with Crippen LogP contribution in [0.2, 0.25) is 0 Å². The molecule has 0 fully saturated rings. The fraction of sp³-hybridized carbons (Fsp3) is 0. The monoisotopic (exact) mass is 216 g/mol. The van der Waals surface area contributed by atoms with Gasteiger partial charge in [0, 0.05) is 6.20 Å². The highest BCUT2D eigenvalue weighted by Gasteiger charge is 2.07. The number of aromatic amines is 1. The first-order valence-corrected chi connectivity index (χ1v) is 4.50. The van der Waals surface area contributed by atoms with Gasteiger partial charge in [0.05, 0.1) is 11.8 Å². The number of carbonyl (C=O) groups is 1. The minimum Gasteiger partial charge on any atom is -0.478 e. The number of azo groups is 1. The fourth-order valence-electron chi connectivity index (χ4n) is 1.15. The molecule has 0 unspecified atom stereocenters. The van der Waals surface area contributed by atoms with E-state index in [4.69, 9.17) is 5.11 Å². The molecule has 0 radical (unpaired) electrons. The van der Waals surface area contributed by atoms with Crippen LogP contribution in [-0.2, 0) is 0 Å². The molecule has 2 rings (SSSR count). The first kappa shape index (κ1) is 10.0. The third-order valence-electron chi connectivity index (χ3n) is 1.89. The first-order valence-electron chi connectivity index (χ1n) is 4.50. The Morgan fingerprint density at radius 3 is 2.81 bits per heavy atom. The van der Waals surface area contributed by atoms with E-state index in [9.17, 15) is 4.79 Å². The van der Waals surface area contributed by atoms with Gasteiger partial charge in [-0.25, -0.2) is 4.79 Å². The summed E-state index contributed by atoms with van der Waals surface area (Å²) in [7, 11) is 0. The van der Waals surface area contributed by atoms with Gasteiger partial charge in [-0.1, -0.05) is 12.1 Å². The van der Waals surface area contributed by atoms with E-state index in [0.717, 1.165) is 0 Å². The van der Waals surface area contributed by atoms with Crippen molar-refractivity contribution >= 4 is 17.3 Å². The van der Waals surface area contributed by atoms with Gasteiger partial charge in [-0.3, -0.25) is 5.10 Å². The van der Waals surface area contributed by atoms with Crippen molar-refractivity contribution in [3.05, 3.63) is 42.2 Å². The highest BCUT2D eigenvalue weighted by Crippen LogP contribution is 2.21. The number of nitrogens with one attached hydrogen (secondary N) is 1. The van der Waals surface area contributed by atoms with Gasteiger partial charge in [0.2, 0.25) is 0 Å². The summed E-state index contributed by atoms with van der Waals surface area (Å²) in [6, 6.07) is 6.41. The van der Waals surface area contributed by atoms with Gasteiger partial charge in [-0.15, -0.1) is 10.2 Å². The molecule has 0 spiro atoms. The average Bonchev–Trinajstić information content (AvgIpc) is 2.79. The number of aromatic nitrogens is 2. The molecular formula is C10H8N4O2. The fourth-order valence-corrected chi connectivity index (χ4v) is 1.15. The average molecular weight is 216 g/mol. The summed E-state index contributed by atoms with van der Waals surface area (Å²) in [6.07, 6.45) is 3.06. The largest absolute Gasteiger partial charge is 0.478 e. The molecule has 0 aliphatic heterocycles. The van der Waals surface area contributed by atoms with Crippen LogP contribution in [0.3, 0.4) is 0 Å². The lowest BCUT2D eigenvalue weighted by molar-refractivity contribution is 0.0698. The van der Waals surface area contributed by atoms with Gasteiger partial charge in [-0.05, 0) is 12.1 Å². The number of nitrogens with zero attached hydrogens (tertiary/aromatic N) is 3. The minimum atomic E-state index is -1.03. The highest BCUT2D eigenvalue weighted by atomic mass is 16.4. The molecule has 1 aromatic carbocycles. The molecular weight excluding hydrogens is 208 g/mol. The van der Waals surface area contributed by atoms with Gasteiger partial charge < -0.3 is 5.11 Å². The molecule has 6 heteroatoms. The van der Waals surface area contributed by atoms with Crippen molar-refractivity contribution in [3.8, 4) is 0 Å². The number of hydrogen-bond acceptors (Lipinski definition) is 4. The van der Waals surface area contributed by atoms with Gasteiger partial charge in [0.25, 0.3) is 0 Å². The van der Waals surface area contributed by atoms with E-state index in [1.165, 1.54) is 12.3 Å². The quantitative estimate of drug-likeness (QED) is 0.772. The Balaban J connectivity index is 2.31. The summed E-state index contributed by atoms with van der Waals surface area (Å²) in [6.45, 7) is 0. The number of carboxylic acids is 1. The molecule has 0 atom stereocenters. The zero-order chi connectivity index (χ0) is 11.4. The first-order chi connectivity index (χ1) is 7.77. The summed E-state index contributed by atoms with van der Waals surface area (Å²) < 4.78 is 0. The maximum Gasteiger partial charge on any atom is 0.337 e. The van der Waals surface area contributed by atoms with Crippen LogP contribution in [0.4, 0.5) is 11.4 Å². The Morgan fingerprint density at radius 1 is 1.31 bits per heavy atom. The van der Waals surface area contributed by atoms with E-state index in [1.807, 2.05) is 0 Å². The van der Waals surface area contributed by atoms with Crippen LogP contribution in [0.1, 0.15) is 10.4 Å². The van der Waals surface area contributed by atoms with E-state index in [2.05, 4.69) is 20.4 Å². The van der Waals surface area contributed by atoms with Crippen molar-refractivity contribution in [1.29, 1.82) is 0 Å². The van der Waals surface area contributed by atoms with E-state index < -0.39 is 5.97 Å². The zero-order valence-corrected chi connectivity index (χ0v) is 8.16. The van der Waals surface area contributed by atoms with E-state index in [1.54, 1.807) is 24.4 Å². The van der Waals surface area contributed by atoms with Crippen LogP contribution in [0, 0.1) is 0 Å². The van der Waals surface area contributed by atoms with Gasteiger partial charge >= 0.3 is 5.97 Å². The van der Waals surface area contributed by atoms with Crippen molar-refractivity contribution in [2.24, 2.45) is 10.2 Å². The predicted molar refractivity (Wildman–Crippen MR) is 56.2 cm³/mol. The van der Waals surface area contributed by atoms with Crippen LogP contribution in [0.5, 0.6) is 0 Å². The van der Waals surface area contributed by atoms with Gasteiger partial charge in [0.1, 0.15) is 11.4 Å². The lowest BCUT2D eigenvalue weighted by Crippen LogP contribution is -1.95. The summed E-state index contributed by atoms with van der Waals surface area (Å²) in [4.78, 5) is 10.9. The molecule has 0 bridgehead atoms. The summed E-state index contributed by atoms with van der Waals surface area (Å²) in [5, 5.41) is 22.9. The standard InChI is InChI=1S/C10H8N4O2/c15-10(16)8-3-1-2-4-9(8)14-13-7-5-11-12-6-7/h1-6H,(H,11,12)(H,15,16). The topological polar surface area (TPSA) is 90.7 Å². The number of carboxylic acid groups (broad SMARTS) is 1. The van der Waals surface area contributed by atoms with Crippen LogP contribution >= 0.6 is 0 Å². The van der Waals surface area contributed by atoms with Gasteiger partial charge in [-0.2, -0.15) is 5.10 Å². The molecule has 0 saturated carbocycles. The van der Waals surface area contributed by atoms with Crippen LogP contribution in [0.15, 0.2) is 46.9 Å². The van der Waals surface area contributed by atoms with E-state index in [0.29, 0.717) is 11.4 Å². The molecule has 2 N–H and O–H groups in total. The molecule has 80 valence electrons. The Kier molecular flexibility index (Phi) is 2.73. The smallest absolute Gasteiger partial charge is 0.337 e. The maximum atomic E-state index is 10.9. The number of hydrogen-bond donors (Lipinski definition) is 2. The Labute approximate surface area is 90.7 Å². The lowest BCUT2D eigenvalue weighted by atomic mass is 10.2. The second kappa shape index (κ2) is 4.35. The normalized spacial score (nSPS) is 10.8. The van der Waals surface area contributed by atoms with Crippen molar-refractivity contribution in [3.63, 3.8) is 0 Å². The molecule has 0 amide bonds.